The minimum atomic E-state index is 0.760. The third kappa shape index (κ3) is 2.85. The van der Waals surface area contributed by atoms with E-state index in [-0.39, 0.29) is 0 Å². The molecular weight excluding hydrogens is 158 g/mol. The number of hydrogen-bond acceptors (Lipinski definition) is 1. The number of nitrogens with one attached hydrogen (secondary N) is 1. The summed E-state index contributed by atoms with van der Waals surface area (Å²) >= 11 is 0. The van der Waals surface area contributed by atoms with Gasteiger partial charge in [0.2, 0.25) is 0 Å². The summed E-state index contributed by atoms with van der Waals surface area (Å²) in [6.45, 7) is 6.34. The van der Waals surface area contributed by atoms with E-state index in [2.05, 4.69) is 35.6 Å². The first kappa shape index (κ1) is 10.3. The molecule has 1 atom stereocenters. The minimum absolute atomic E-state index is 0.760. The highest BCUT2D eigenvalue weighted by Gasteiger charge is 2.15. The molecule has 1 aliphatic heterocycles. The van der Waals surface area contributed by atoms with Gasteiger partial charge in [0.25, 0.3) is 0 Å². The first-order valence-corrected chi connectivity index (χ1v) is 5.22. The molecule has 1 saturated heterocycles. The molecule has 1 heterocycles. The van der Waals surface area contributed by atoms with Crippen LogP contribution in [0.4, 0.5) is 0 Å². The van der Waals surface area contributed by atoms with Crippen molar-refractivity contribution < 1.29 is 0 Å². The molecule has 1 aromatic carbocycles. The van der Waals surface area contributed by atoms with E-state index in [1.54, 1.807) is 0 Å². The smallest absolute Gasteiger partial charge is 0.00206 e. The Labute approximate surface area is 81.2 Å². The minimum Gasteiger partial charge on any atom is -0.316 e. The van der Waals surface area contributed by atoms with Gasteiger partial charge in [-0.3, -0.25) is 0 Å². The highest BCUT2D eigenvalue weighted by Crippen LogP contribution is 2.21. The van der Waals surface area contributed by atoms with Crippen LogP contribution in [-0.4, -0.2) is 13.1 Å². The average molecular weight is 177 g/mol. The van der Waals surface area contributed by atoms with Crippen molar-refractivity contribution in [3.8, 4) is 0 Å². The van der Waals surface area contributed by atoms with Crippen LogP contribution in [0.1, 0.15) is 31.7 Å². The Balaban J connectivity index is 0.000000396. The molecule has 0 saturated carbocycles. The molecule has 0 unspecified atom stereocenters. The molecule has 0 amide bonds. The van der Waals surface area contributed by atoms with E-state index < -0.39 is 0 Å². The first-order valence-electron chi connectivity index (χ1n) is 5.22. The van der Waals surface area contributed by atoms with E-state index in [0.29, 0.717) is 0 Å². The maximum Gasteiger partial charge on any atom is 0.00206 e. The lowest BCUT2D eigenvalue weighted by atomic mass is 9.99. The molecule has 0 aromatic heterocycles. The molecule has 13 heavy (non-hydrogen) atoms. The fourth-order valence-electron chi connectivity index (χ4n) is 1.66. The summed E-state index contributed by atoms with van der Waals surface area (Å²) in [5.41, 5.74) is 1.48. The fourth-order valence-corrected chi connectivity index (χ4v) is 1.66. The van der Waals surface area contributed by atoms with Gasteiger partial charge in [-0.1, -0.05) is 44.2 Å². The fraction of sp³-hybridized carbons (Fsp3) is 0.500. The van der Waals surface area contributed by atoms with Crippen LogP contribution in [0, 0.1) is 0 Å². The number of rotatable bonds is 1. The van der Waals surface area contributed by atoms with E-state index in [0.717, 1.165) is 12.5 Å². The van der Waals surface area contributed by atoms with Crippen molar-refractivity contribution in [2.75, 3.05) is 13.1 Å². The van der Waals surface area contributed by atoms with E-state index in [1.165, 1.54) is 18.5 Å². The summed E-state index contributed by atoms with van der Waals surface area (Å²) in [6.07, 6.45) is 1.30. The third-order valence-corrected chi connectivity index (χ3v) is 2.33. The normalized spacial score (nSPS) is 20.6. The third-order valence-electron chi connectivity index (χ3n) is 2.33. The van der Waals surface area contributed by atoms with Crippen LogP contribution in [0.2, 0.25) is 0 Å². The van der Waals surface area contributed by atoms with Gasteiger partial charge in [-0.05, 0) is 24.4 Å². The van der Waals surface area contributed by atoms with Crippen molar-refractivity contribution in [2.45, 2.75) is 26.2 Å². The monoisotopic (exact) mass is 177 g/mol. The van der Waals surface area contributed by atoms with E-state index in [9.17, 15) is 0 Å². The zero-order chi connectivity index (χ0) is 9.52. The van der Waals surface area contributed by atoms with Crippen molar-refractivity contribution in [1.82, 2.24) is 5.32 Å². The molecule has 1 nitrogen and oxygen atoms in total. The second-order valence-electron chi connectivity index (χ2n) is 3.10. The van der Waals surface area contributed by atoms with Gasteiger partial charge in [-0.2, -0.15) is 0 Å². The highest BCUT2D eigenvalue weighted by molar-refractivity contribution is 5.20. The number of hydrogen-bond donors (Lipinski definition) is 1. The molecule has 1 aromatic rings. The van der Waals surface area contributed by atoms with Crippen LogP contribution in [-0.2, 0) is 0 Å². The highest BCUT2D eigenvalue weighted by atomic mass is 14.9. The second kappa shape index (κ2) is 5.76. The molecule has 2 rings (SSSR count). The van der Waals surface area contributed by atoms with Gasteiger partial charge in [0.15, 0.2) is 0 Å². The van der Waals surface area contributed by atoms with Gasteiger partial charge in [0, 0.05) is 6.54 Å². The van der Waals surface area contributed by atoms with Crippen molar-refractivity contribution in [3.63, 3.8) is 0 Å². The Kier molecular flexibility index (Phi) is 4.55. The van der Waals surface area contributed by atoms with Crippen LogP contribution < -0.4 is 5.32 Å². The van der Waals surface area contributed by atoms with E-state index in [4.69, 9.17) is 0 Å². The van der Waals surface area contributed by atoms with E-state index >= 15 is 0 Å². The molecule has 1 heteroatoms. The molecular formula is C12H19N. The Morgan fingerprint density at radius 2 is 1.85 bits per heavy atom. The summed E-state index contributed by atoms with van der Waals surface area (Å²) in [7, 11) is 0. The van der Waals surface area contributed by atoms with E-state index in [1.807, 2.05) is 13.8 Å². The Bertz CT molecular complexity index is 212. The van der Waals surface area contributed by atoms with Crippen LogP contribution >= 0.6 is 0 Å². The first-order chi connectivity index (χ1) is 6.47. The van der Waals surface area contributed by atoms with Crippen molar-refractivity contribution >= 4 is 0 Å². The zero-order valence-electron chi connectivity index (χ0n) is 8.59. The van der Waals surface area contributed by atoms with Gasteiger partial charge in [-0.15, -0.1) is 0 Å². The number of benzene rings is 1. The molecule has 1 fully saturated rings. The predicted molar refractivity (Wildman–Crippen MR) is 58.0 cm³/mol. The topological polar surface area (TPSA) is 12.0 Å². The maximum atomic E-state index is 3.37. The van der Waals surface area contributed by atoms with Gasteiger partial charge >= 0.3 is 0 Å². The van der Waals surface area contributed by atoms with Gasteiger partial charge in [0.05, 0.1) is 0 Å². The summed E-state index contributed by atoms with van der Waals surface area (Å²) < 4.78 is 0. The van der Waals surface area contributed by atoms with Crippen molar-refractivity contribution in [1.29, 1.82) is 0 Å². The molecule has 72 valence electrons. The van der Waals surface area contributed by atoms with Crippen LogP contribution in [0.25, 0.3) is 0 Å². The Morgan fingerprint density at radius 1 is 1.15 bits per heavy atom. The lowest BCUT2D eigenvalue weighted by Crippen LogP contribution is -2.07. The van der Waals surface area contributed by atoms with Crippen LogP contribution in [0.15, 0.2) is 30.3 Å². The average Bonchev–Trinajstić information content (AvgIpc) is 2.75. The zero-order valence-corrected chi connectivity index (χ0v) is 8.59. The summed E-state index contributed by atoms with van der Waals surface area (Å²) in [5.74, 6) is 0.760. The molecule has 1 aliphatic rings. The maximum absolute atomic E-state index is 3.37. The Morgan fingerprint density at radius 3 is 2.38 bits per heavy atom. The standard InChI is InChI=1S/C10H13N.C2H6/c1-2-4-9(5-3-1)10-6-7-11-8-10;1-2/h1-5,10-11H,6-8H2;1-2H3/t10-;/m0./s1. The SMILES string of the molecule is CC.c1ccc([C@H]2CCNC2)cc1. The van der Waals surface area contributed by atoms with Crippen LogP contribution in [0.5, 0.6) is 0 Å². The molecule has 0 aliphatic carbocycles. The Hall–Kier alpha value is -0.820. The van der Waals surface area contributed by atoms with Crippen LogP contribution in [0.3, 0.4) is 0 Å². The van der Waals surface area contributed by atoms with Crippen molar-refractivity contribution in [2.24, 2.45) is 0 Å². The van der Waals surface area contributed by atoms with Gasteiger partial charge in [0.1, 0.15) is 0 Å². The summed E-state index contributed by atoms with van der Waals surface area (Å²) in [4.78, 5) is 0. The second-order valence-corrected chi connectivity index (χ2v) is 3.10. The molecule has 1 N–H and O–H groups in total. The predicted octanol–water partition coefficient (Wildman–Crippen LogP) is 2.79. The van der Waals surface area contributed by atoms with Gasteiger partial charge < -0.3 is 5.32 Å². The molecule has 0 spiro atoms. The lowest BCUT2D eigenvalue weighted by molar-refractivity contribution is 0.763. The summed E-state index contributed by atoms with van der Waals surface area (Å²) in [6, 6.07) is 10.8. The van der Waals surface area contributed by atoms with Crippen molar-refractivity contribution in [3.05, 3.63) is 35.9 Å². The molecule has 0 bridgehead atoms. The quantitative estimate of drug-likeness (QED) is 0.695. The van der Waals surface area contributed by atoms with Gasteiger partial charge in [-0.25, -0.2) is 0 Å². The lowest BCUT2D eigenvalue weighted by Gasteiger charge is -2.06. The summed E-state index contributed by atoms with van der Waals surface area (Å²) in [5, 5.41) is 3.37. The molecule has 0 radical (unpaired) electrons. The largest absolute Gasteiger partial charge is 0.316 e.